The van der Waals surface area contributed by atoms with Crippen molar-refractivity contribution in [3.63, 3.8) is 0 Å². The first kappa shape index (κ1) is 15.1. The van der Waals surface area contributed by atoms with Gasteiger partial charge in [0.2, 0.25) is 5.91 Å². The van der Waals surface area contributed by atoms with E-state index in [1.807, 2.05) is 6.20 Å². The smallest absolute Gasteiger partial charge is 0.227 e. The van der Waals surface area contributed by atoms with E-state index in [2.05, 4.69) is 32.2 Å². The van der Waals surface area contributed by atoms with E-state index in [0.29, 0.717) is 18.0 Å². The number of hydrogen-bond acceptors (Lipinski definition) is 4. The topological polar surface area (TPSA) is 62.2 Å². The van der Waals surface area contributed by atoms with Crippen molar-refractivity contribution in [3.05, 3.63) is 17.5 Å². The van der Waals surface area contributed by atoms with Crippen LogP contribution in [-0.4, -0.2) is 46.3 Å². The highest BCUT2D eigenvalue weighted by molar-refractivity contribution is 5.79. The van der Waals surface area contributed by atoms with Crippen molar-refractivity contribution in [2.24, 2.45) is 5.92 Å². The van der Waals surface area contributed by atoms with Crippen LogP contribution in [0.15, 0.2) is 6.20 Å². The zero-order chi connectivity index (χ0) is 15.8. The number of hydrogen-bond donors (Lipinski definition) is 2. The second-order valence-electron chi connectivity index (χ2n) is 7.21. The van der Waals surface area contributed by atoms with Crippen LogP contribution in [-0.2, 0) is 17.9 Å². The van der Waals surface area contributed by atoms with Crippen molar-refractivity contribution in [3.8, 4) is 0 Å². The molecule has 0 aromatic carbocycles. The maximum atomic E-state index is 12.8. The summed E-state index contributed by atoms with van der Waals surface area (Å²) in [5.74, 6) is 0.522. The van der Waals surface area contributed by atoms with Crippen LogP contribution in [0.25, 0.3) is 0 Å². The summed E-state index contributed by atoms with van der Waals surface area (Å²) in [4.78, 5) is 14.9. The highest BCUT2D eigenvalue weighted by atomic mass is 16.2. The number of rotatable bonds is 2. The van der Waals surface area contributed by atoms with Crippen molar-refractivity contribution < 1.29 is 4.79 Å². The van der Waals surface area contributed by atoms with E-state index in [9.17, 15) is 4.79 Å². The summed E-state index contributed by atoms with van der Waals surface area (Å²) in [5, 5.41) is 11.4. The Morgan fingerprint density at radius 1 is 1.26 bits per heavy atom. The third kappa shape index (κ3) is 2.78. The van der Waals surface area contributed by atoms with E-state index in [0.717, 1.165) is 58.4 Å². The molecular formula is C17H27N5O. The van der Waals surface area contributed by atoms with E-state index >= 15 is 0 Å². The lowest BCUT2D eigenvalue weighted by molar-refractivity contribution is -0.138. The maximum Gasteiger partial charge on any atom is 0.227 e. The Hall–Kier alpha value is -1.40. The minimum atomic E-state index is 0.165. The third-order valence-corrected chi connectivity index (χ3v) is 5.79. The highest BCUT2D eigenvalue weighted by Crippen LogP contribution is 2.28. The van der Waals surface area contributed by atoms with Gasteiger partial charge >= 0.3 is 0 Å². The largest absolute Gasteiger partial charge is 0.342 e. The molecule has 2 fully saturated rings. The van der Waals surface area contributed by atoms with Gasteiger partial charge in [0.25, 0.3) is 0 Å². The van der Waals surface area contributed by atoms with Crippen molar-refractivity contribution in [2.75, 3.05) is 19.6 Å². The number of carbonyl (C=O) groups is 1. The van der Waals surface area contributed by atoms with Gasteiger partial charge in [-0.05, 0) is 39.2 Å². The highest BCUT2D eigenvalue weighted by Gasteiger charge is 2.34. The molecule has 1 aromatic heterocycles. The predicted octanol–water partition coefficient (Wildman–Crippen LogP) is 1.04. The zero-order valence-electron chi connectivity index (χ0n) is 13.9. The van der Waals surface area contributed by atoms with Crippen LogP contribution in [0, 0.1) is 5.92 Å². The van der Waals surface area contributed by atoms with Gasteiger partial charge in [-0.1, -0.05) is 0 Å². The van der Waals surface area contributed by atoms with Gasteiger partial charge in [-0.3, -0.25) is 9.48 Å². The van der Waals surface area contributed by atoms with Gasteiger partial charge in [0.15, 0.2) is 0 Å². The lowest BCUT2D eigenvalue weighted by Crippen LogP contribution is -2.50. The van der Waals surface area contributed by atoms with Crippen molar-refractivity contribution in [1.29, 1.82) is 0 Å². The van der Waals surface area contributed by atoms with Crippen LogP contribution < -0.4 is 10.6 Å². The average Bonchev–Trinajstić information content (AvgIpc) is 3.18. The van der Waals surface area contributed by atoms with Crippen LogP contribution in [0.2, 0.25) is 0 Å². The zero-order valence-corrected chi connectivity index (χ0v) is 13.9. The molecule has 4 heterocycles. The minimum Gasteiger partial charge on any atom is -0.342 e. The molecule has 3 aliphatic heterocycles. The molecule has 2 unspecified atom stereocenters. The van der Waals surface area contributed by atoms with E-state index in [1.54, 1.807) is 0 Å². The fraction of sp³-hybridized carbons (Fsp3) is 0.765. The molecule has 23 heavy (non-hydrogen) atoms. The second kappa shape index (κ2) is 6.24. The van der Waals surface area contributed by atoms with Crippen LogP contribution in [0.4, 0.5) is 0 Å². The first-order valence-electron chi connectivity index (χ1n) is 9.02. The SMILES string of the molecule is CC1NCCCC1C(=O)N1CCC(n2ncc3c2CNC3)CC1. The normalized spacial score (nSPS) is 28.8. The molecule has 0 bridgehead atoms. The van der Waals surface area contributed by atoms with Gasteiger partial charge in [0.05, 0.1) is 23.9 Å². The van der Waals surface area contributed by atoms with E-state index in [1.165, 1.54) is 11.3 Å². The fourth-order valence-corrected chi connectivity index (χ4v) is 4.34. The summed E-state index contributed by atoms with van der Waals surface area (Å²) in [6.45, 7) is 6.81. The quantitative estimate of drug-likeness (QED) is 0.855. The van der Waals surface area contributed by atoms with Crippen LogP contribution in [0.1, 0.15) is 49.9 Å². The Bertz CT molecular complexity index is 576. The molecule has 2 saturated heterocycles. The molecule has 0 radical (unpaired) electrons. The van der Waals surface area contributed by atoms with Gasteiger partial charge in [0.1, 0.15) is 0 Å². The molecule has 2 N–H and O–H groups in total. The Morgan fingerprint density at radius 2 is 2.09 bits per heavy atom. The maximum absolute atomic E-state index is 12.8. The van der Waals surface area contributed by atoms with Gasteiger partial charge in [-0.15, -0.1) is 0 Å². The van der Waals surface area contributed by atoms with Crippen molar-refractivity contribution >= 4 is 5.91 Å². The molecular weight excluding hydrogens is 290 g/mol. The number of aromatic nitrogens is 2. The third-order valence-electron chi connectivity index (χ3n) is 5.79. The Morgan fingerprint density at radius 3 is 2.87 bits per heavy atom. The Kier molecular flexibility index (Phi) is 4.11. The fourth-order valence-electron chi connectivity index (χ4n) is 4.34. The summed E-state index contributed by atoms with van der Waals surface area (Å²) in [6.07, 6.45) is 6.19. The van der Waals surface area contributed by atoms with E-state index < -0.39 is 0 Å². The molecule has 0 saturated carbocycles. The summed E-state index contributed by atoms with van der Waals surface area (Å²) < 4.78 is 2.21. The Labute approximate surface area is 137 Å². The average molecular weight is 317 g/mol. The van der Waals surface area contributed by atoms with Gasteiger partial charge < -0.3 is 15.5 Å². The molecule has 0 aliphatic carbocycles. The first-order valence-corrected chi connectivity index (χ1v) is 9.02. The number of fused-ring (bicyclic) bond motifs is 1. The summed E-state index contributed by atoms with van der Waals surface area (Å²) in [5.41, 5.74) is 2.69. The molecule has 126 valence electrons. The van der Waals surface area contributed by atoms with E-state index in [-0.39, 0.29) is 5.92 Å². The lowest BCUT2D eigenvalue weighted by Gasteiger charge is -2.37. The molecule has 1 amide bonds. The summed E-state index contributed by atoms with van der Waals surface area (Å²) in [6, 6.07) is 0.763. The molecule has 6 nitrogen and oxygen atoms in total. The number of nitrogens with one attached hydrogen (secondary N) is 2. The molecule has 0 spiro atoms. The van der Waals surface area contributed by atoms with Crippen LogP contribution >= 0.6 is 0 Å². The summed E-state index contributed by atoms with van der Waals surface area (Å²) in [7, 11) is 0. The molecule has 1 aromatic rings. The number of nitrogens with zero attached hydrogens (tertiary/aromatic N) is 3. The number of piperidine rings is 2. The number of likely N-dealkylation sites (tertiary alicyclic amines) is 1. The van der Waals surface area contributed by atoms with Gasteiger partial charge in [-0.25, -0.2) is 0 Å². The summed E-state index contributed by atoms with van der Waals surface area (Å²) >= 11 is 0. The molecule has 6 heteroatoms. The molecule has 4 rings (SSSR count). The van der Waals surface area contributed by atoms with Crippen molar-refractivity contribution in [2.45, 2.75) is 57.8 Å². The van der Waals surface area contributed by atoms with E-state index in [4.69, 9.17) is 0 Å². The number of carbonyl (C=O) groups excluding carboxylic acids is 1. The lowest BCUT2D eigenvalue weighted by atomic mass is 9.90. The monoisotopic (exact) mass is 317 g/mol. The standard InChI is InChI=1S/C17H27N5O/c1-12-15(3-2-6-19-12)17(23)21-7-4-14(5-8-21)22-16-11-18-9-13(16)10-20-22/h10,12,14-15,18-19H,2-9,11H2,1H3. The number of amides is 1. The first-order chi connectivity index (χ1) is 11.2. The van der Waals surface area contributed by atoms with Crippen LogP contribution in [0.5, 0.6) is 0 Å². The molecule has 3 aliphatic rings. The second-order valence-corrected chi connectivity index (χ2v) is 7.21. The van der Waals surface area contributed by atoms with Gasteiger partial charge in [-0.2, -0.15) is 5.10 Å². The van der Waals surface area contributed by atoms with Crippen molar-refractivity contribution in [1.82, 2.24) is 25.3 Å². The minimum absolute atomic E-state index is 0.165. The predicted molar refractivity (Wildman–Crippen MR) is 87.8 cm³/mol. The van der Waals surface area contributed by atoms with Crippen LogP contribution in [0.3, 0.4) is 0 Å². The van der Waals surface area contributed by atoms with Gasteiger partial charge in [0, 0.05) is 37.8 Å². The molecule has 2 atom stereocenters. The Balaban J connectivity index is 1.38.